The Balaban J connectivity index is 2.05. The molecular formula is C12H25NO2. The van der Waals surface area contributed by atoms with E-state index in [9.17, 15) is 0 Å². The van der Waals surface area contributed by atoms with Crippen LogP contribution in [-0.4, -0.2) is 38.0 Å². The average molecular weight is 215 g/mol. The molecule has 0 spiro atoms. The molecule has 0 saturated carbocycles. The second-order valence-corrected chi connectivity index (χ2v) is 4.91. The lowest BCUT2D eigenvalue weighted by Gasteiger charge is -2.36. The molecule has 1 N–H and O–H groups in total. The molecule has 1 saturated heterocycles. The SMILES string of the molecule is CCCCCOCC1CNCC(C)(C)O1. The van der Waals surface area contributed by atoms with Crippen LogP contribution in [0.4, 0.5) is 0 Å². The monoisotopic (exact) mass is 215 g/mol. The van der Waals surface area contributed by atoms with Gasteiger partial charge in [-0.1, -0.05) is 19.8 Å². The molecule has 0 aromatic rings. The van der Waals surface area contributed by atoms with Crippen molar-refractivity contribution >= 4 is 0 Å². The van der Waals surface area contributed by atoms with Gasteiger partial charge in [0.05, 0.1) is 18.3 Å². The van der Waals surface area contributed by atoms with E-state index in [0.29, 0.717) is 0 Å². The van der Waals surface area contributed by atoms with Crippen molar-refractivity contribution in [2.45, 2.75) is 51.7 Å². The van der Waals surface area contributed by atoms with Gasteiger partial charge in [0.25, 0.3) is 0 Å². The molecule has 1 aliphatic rings. The Hall–Kier alpha value is -0.120. The van der Waals surface area contributed by atoms with Crippen molar-refractivity contribution in [3.63, 3.8) is 0 Å². The molecule has 0 aromatic heterocycles. The van der Waals surface area contributed by atoms with E-state index < -0.39 is 0 Å². The van der Waals surface area contributed by atoms with Gasteiger partial charge in [0.2, 0.25) is 0 Å². The third kappa shape index (κ3) is 5.50. The summed E-state index contributed by atoms with van der Waals surface area (Å²) < 4.78 is 11.5. The normalized spacial score (nSPS) is 25.4. The second-order valence-electron chi connectivity index (χ2n) is 4.91. The number of nitrogens with one attached hydrogen (secondary N) is 1. The van der Waals surface area contributed by atoms with Crippen molar-refractivity contribution in [2.24, 2.45) is 0 Å². The zero-order valence-electron chi connectivity index (χ0n) is 10.3. The summed E-state index contributed by atoms with van der Waals surface area (Å²) in [6, 6.07) is 0. The van der Waals surface area contributed by atoms with Gasteiger partial charge in [0, 0.05) is 19.7 Å². The lowest BCUT2D eigenvalue weighted by Crippen LogP contribution is -2.51. The molecular weight excluding hydrogens is 190 g/mol. The smallest absolute Gasteiger partial charge is 0.0940 e. The number of unbranched alkanes of at least 4 members (excludes halogenated alkanes) is 2. The van der Waals surface area contributed by atoms with E-state index in [1.165, 1.54) is 19.3 Å². The number of hydrogen-bond acceptors (Lipinski definition) is 3. The van der Waals surface area contributed by atoms with E-state index in [1.54, 1.807) is 0 Å². The maximum absolute atomic E-state index is 5.89. The summed E-state index contributed by atoms with van der Waals surface area (Å²) in [5.41, 5.74) is -0.0459. The highest BCUT2D eigenvalue weighted by atomic mass is 16.5. The summed E-state index contributed by atoms with van der Waals surface area (Å²) in [4.78, 5) is 0. The first-order chi connectivity index (χ1) is 7.14. The van der Waals surface area contributed by atoms with Gasteiger partial charge in [0.1, 0.15) is 0 Å². The topological polar surface area (TPSA) is 30.5 Å². The van der Waals surface area contributed by atoms with Crippen LogP contribution in [0.5, 0.6) is 0 Å². The summed E-state index contributed by atoms with van der Waals surface area (Å²) in [6.45, 7) is 9.87. The molecule has 90 valence electrons. The molecule has 3 heteroatoms. The maximum atomic E-state index is 5.89. The van der Waals surface area contributed by atoms with Crippen LogP contribution in [0.25, 0.3) is 0 Å². The molecule has 1 rings (SSSR count). The van der Waals surface area contributed by atoms with Crippen molar-refractivity contribution < 1.29 is 9.47 Å². The average Bonchev–Trinajstić information content (AvgIpc) is 2.16. The molecule has 1 unspecified atom stereocenters. The Labute approximate surface area is 93.5 Å². The van der Waals surface area contributed by atoms with E-state index in [2.05, 4.69) is 26.1 Å². The first-order valence-electron chi connectivity index (χ1n) is 6.10. The van der Waals surface area contributed by atoms with Crippen LogP contribution >= 0.6 is 0 Å². The number of ether oxygens (including phenoxy) is 2. The van der Waals surface area contributed by atoms with Crippen LogP contribution in [0, 0.1) is 0 Å². The lowest BCUT2D eigenvalue weighted by atomic mass is 10.1. The molecule has 0 bridgehead atoms. The Morgan fingerprint density at radius 2 is 2.20 bits per heavy atom. The van der Waals surface area contributed by atoms with Gasteiger partial charge in [-0.15, -0.1) is 0 Å². The largest absolute Gasteiger partial charge is 0.379 e. The predicted octanol–water partition coefficient (Wildman–Crippen LogP) is 1.96. The minimum Gasteiger partial charge on any atom is -0.379 e. The summed E-state index contributed by atoms with van der Waals surface area (Å²) in [5.74, 6) is 0. The highest BCUT2D eigenvalue weighted by molar-refractivity contribution is 4.81. The Kier molecular flexibility index (Phi) is 5.58. The quantitative estimate of drug-likeness (QED) is 0.687. The number of morpholine rings is 1. The summed E-state index contributed by atoms with van der Waals surface area (Å²) >= 11 is 0. The van der Waals surface area contributed by atoms with Gasteiger partial charge in [0.15, 0.2) is 0 Å². The van der Waals surface area contributed by atoms with E-state index in [4.69, 9.17) is 9.47 Å². The van der Waals surface area contributed by atoms with Crippen LogP contribution in [0.15, 0.2) is 0 Å². The lowest BCUT2D eigenvalue weighted by molar-refractivity contribution is -0.120. The second kappa shape index (κ2) is 6.46. The van der Waals surface area contributed by atoms with Crippen molar-refractivity contribution in [3.05, 3.63) is 0 Å². The van der Waals surface area contributed by atoms with Crippen LogP contribution in [-0.2, 0) is 9.47 Å². The van der Waals surface area contributed by atoms with Gasteiger partial charge >= 0.3 is 0 Å². The van der Waals surface area contributed by atoms with Crippen molar-refractivity contribution in [3.8, 4) is 0 Å². The zero-order chi connectivity index (χ0) is 11.1. The zero-order valence-corrected chi connectivity index (χ0v) is 10.3. The third-order valence-corrected chi connectivity index (χ3v) is 2.60. The summed E-state index contributed by atoms with van der Waals surface area (Å²) in [7, 11) is 0. The van der Waals surface area contributed by atoms with Gasteiger partial charge in [-0.05, 0) is 20.3 Å². The first-order valence-corrected chi connectivity index (χ1v) is 6.10. The molecule has 3 nitrogen and oxygen atoms in total. The summed E-state index contributed by atoms with van der Waals surface area (Å²) in [5, 5.41) is 3.37. The third-order valence-electron chi connectivity index (χ3n) is 2.60. The fourth-order valence-corrected chi connectivity index (χ4v) is 1.83. The van der Waals surface area contributed by atoms with Crippen LogP contribution in [0.3, 0.4) is 0 Å². The van der Waals surface area contributed by atoms with Crippen LogP contribution in [0.2, 0.25) is 0 Å². The van der Waals surface area contributed by atoms with E-state index >= 15 is 0 Å². The first kappa shape index (κ1) is 12.9. The molecule has 1 heterocycles. The Bertz CT molecular complexity index is 171. The van der Waals surface area contributed by atoms with Crippen molar-refractivity contribution in [1.29, 1.82) is 0 Å². The molecule has 0 amide bonds. The Morgan fingerprint density at radius 1 is 1.40 bits per heavy atom. The molecule has 1 aliphatic heterocycles. The van der Waals surface area contributed by atoms with Gasteiger partial charge in [-0.25, -0.2) is 0 Å². The standard InChI is InChI=1S/C12H25NO2/c1-4-5-6-7-14-9-11-8-13-10-12(2,3)15-11/h11,13H,4-10H2,1-3H3. The van der Waals surface area contributed by atoms with Crippen molar-refractivity contribution in [1.82, 2.24) is 5.32 Å². The molecule has 15 heavy (non-hydrogen) atoms. The molecule has 1 fully saturated rings. The van der Waals surface area contributed by atoms with Crippen molar-refractivity contribution in [2.75, 3.05) is 26.3 Å². The highest BCUT2D eigenvalue weighted by Gasteiger charge is 2.28. The molecule has 0 radical (unpaired) electrons. The number of hydrogen-bond donors (Lipinski definition) is 1. The van der Waals surface area contributed by atoms with Gasteiger partial charge in [-0.2, -0.15) is 0 Å². The maximum Gasteiger partial charge on any atom is 0.0940 e. The van der Waals surface area contributed by atoms with E-state index in [0.717, 1.165) is 26.3 Å². The van der Waals surface area contributed by atoms with Gasteiger partial charge in [-0.3, -0.25) is 0 Å². The molecule has 1 atom stereocenters. The summed E-state index contributed by atoms with van der Waals surface area (Å²) in [6.07, 6.45) is 3.89. The van der Waals surface area contributed by atoms with Crippen LogP contribution in [0.1, 0.15) is 40.0 Å². The molecule has 0 aliphatic carbocycles. The fourth-order valence-electron chi connectivity index (χ4n) is 1.83. The van der Waals surface area contributed by atoms with E-state index in [-0.39, 0.29) is 11.7 Å². The van der Waals surface area contributed by atoms with E-state index in [1.807, 2.05) is 0 Å². The fraction of sp³-hybridized carbons (Fsp3) is 1.00. The minimum atomic E-state index is -0.0459. The van der Waals surface area contributed by atoms with Gasteiger partial charge < -0.3 is 14.8 Å². The number of rotatable bonds is 6. The van der Waals surface area contributed by atoms with Crippen LogP contribution < -0.4 is 5.32 Å². The predicted molar refractivity (Wildman–Crippen MR) is 62.2 cm³/mol. The highest BCUT2D eigenvalue weighted by Crippen LogP contribution is 2.15. The molecule has 0 aromatic carbocycles. The minimum absolute atomic E-state index is 0.0459. The Morgan fingerprint density at radius 3 is 2.87 bits per heavy atom.